The summed E-state index contributed by atoms with van der Waals surface area (Å²) in [7, 11) is 3.11. The quantitative estimate of drug-likeness (QED) is 0.602. The Labute approximate surface area is 96.0 Å². The van der Waals surface area contributed by atoms with Crippen molar-refractivity contribution in [1.82, 2.24) is 5.32 Å². The maximum Gasteiger partial charge on any atom is 0.0633 e. The molecule has 1 aromatic carbocycles. The highest BCUT2D eigenvalue weighted by atomic mass is 28.1. The Hall–Kier alpha value is -0.863. The summed E-state index contributed by atoms with van der Waals surface area (Å²) >= 11 is 0. The molecule has 0 amide bonds. The topological polar surface area (TPSA) is 12.0 Å². The van der Waals surface area contributed by atoms with Crippen LogP contribution in [0, 0.1) is 0 Å². The van der Waals surface area contributed by atoms with Crippen molar-refractivity contribution >= 4 is 10.2 Å². The van der Waals surface area contributed by atoms with Crippen LogP contribution in [0.1, 0.15) is 19.4 Å². The fourth-order valence-corrected chi connectivity index (χ4v) is 2.92. The van der Waals surface area contributed by atoms with E-state index in [9.17, 15) is 0 Å². The van der Waals surface area contributed by atoms with Crippen molar-refractivity contribution in [1.29, 1.82) is 0 Å². The van der Waals surface area contributed by atoms with Gasteiger partial charge in [0.05, 0.1) is 5.54 Å². The molecule has 0 bridgehead atoms. The van der Waals surface area contributed by atoms with Crippen LogP contribution in [0.25, 0.3) is 0 Å². The molecular formula is C13H21NSi. The van der Waals surface area contributed by atoms with Crippen LogP contribution < -0.4 is 5.32 Å². The van der Waals surface area contributed by atoms with Crippen molar-refractivity contribution in [2.75, 3.05) is 7.05 Å². The fourth-order valence-electron chi connectivity index (χ4n) is 2.18. The summed E-state index contributed by atoms with van der Waals surface area (Å²) in [6.07, 6.45) is 2.04. The average Bonchev–Trinajstić information content (AvgIpc) is 2.20. The normalized spacial score (nSPS) is 15.9. The average molecular weight is 219 g/mol. The first-order valence-corrected chi connectivity index (χ1v) is 6.36. The van der Waals surface area contributed by atoms with Gasteiger partial charge in [-0.1, -0.05) is 50.3 Å². The van der Waals surface area contributed by atoms with Crippen molar-refractivity contribution in [2.24, 2.45) is 0 Å². The Bertz CT molecular complexity index is 326. The van der Waals surface area contributed by atoms with Gasteiger partial charge in [-0.2, -0.15) is 0 Å². The molecule has 0 radical (unpaired) electrons. The molecule has 0 spiro atoms. The highest BCUT2D eigenvalue weighted by Crippen LogP contribution is 2.43. The second kappa shape index (κ2) is 4.33. The van der Waals surface area contributed by atoms with Crippen LogP contribution in [0.2, 0.25) is 5.04 Å². The van der Waals surface area contributed by atoms with E-state index in [4.69, 9.17) is 0 Å². The van der Waals surface area contributed by atoms with Gasteiger partial charge < -0.3 is 5.32 Å². The lowest BCUT2D eigenvalue weighted by Gasteiger charge is -2.43. The fraction of sp³-hybridized carbons (Fsp3) is 0.385. The van der Waals surface area contributed by atoms with Gasteiger partial charge in [0.25, 0.3) is 0 Å². The van der Waals surface area contributed by atoms with E-state index in [0.29, 0.717) is 0 Å². The largest absolute Gasteiger partial charge is 0.307 e. The molecule has 0 aliphatic heterocycles. The summed E-state index contributed by atoms with van der Waals surface area (Å²) in [6, 6.07) is 10.5. The highest BCUT2D eigenvalue weighted by Gasteiger charge is 2.39. The summed E-state index contributed by atoms with van der Waals surface area (Å²) in [5.74, 6) is 0. The van der Waals surface area contributed by atoms with Crippen LogP contribution in [-0.4, -0.2) is 17.3 Å². The first-order valence-electron chi connectivity index (χ1n) is 5.36. The predicted octanol–water partition coefficient (Wildman–Crippen LogP) is 1.85. The standard InChI is InChI=1S/C13H21NSi/c1-5-13(14-4,12(2,3)15)11-9-7-6-8-10-11/h5-10,14H,1H2,2-4,15H3. The molecule has 1 unspecified atom stereocenters. The number of hydrogen-bond donors (Lipinski definition) is 1. The second-order valence-corrected chi connectivity index (χ2v) is 7.38. The van der Waals surface area contributed by atoms with Gasteiger partial charge in [-0.15, -0.1) is 6.58 Å². The smallest absolute Gasteiger partial charge is 0.0633 e. The van der Waals surface area contributed by atoms with E-state index in [1.54, 1.807) is 0 Å². The van der Waals surface area contributed by atoms with E-state index in [1.165, 1.54) is 5.56 Å². The zero-order valence-electron chi connectivity index (χ0n) is 10.2. The molecule has 1 aromatic rings. The summed E-state index contributed by atoms with van der Waals surface area (Å²) < 4.78 is 0. The molecule has 0 heterocycles. The number of nitrogens with one attached hydrogen (secondary N) is 1. The summed E-state index contributed by atoms with van der Waals surface area (Å²) in [5.41, 5.74) is 1.18. The molecule has 1 rings (SSSR count). The summed E-state index contributed by atoms with van der Waals surface area (Å²) in [5, 5.41) is 3.67. The lowest BCUT2D eigenvalue weighted by molar-refractivity contribution is 0.349. The lowest BCUT2D eigenvalue weighted by atomic mass is 9.79. The first-order chi connectivity index (χ1) is 6.98. The van der Waals surface area contributed by atoms with Crippen LogP contribution in [0.4, 0.5) is 0 Å². The Balaban J connectivity index is 3.30. The SMILES string of the molecule is C=CC(NC)(c1ccccc1)C(C)(C)[SiH3]. The van der Waals surface area contributed by atoms with Crippen LogP contribution in [-0.2, 0) is 5.54 Å². The molecule has 0 aliphatic carbocycles. The van der Waals surface area contributed by atoms with Crippen LogP contribution in [0.5, 0.6) is 0 Å². The Morgan fingerprint density at radius 2 is 1.80 bits per heavy atom. The van der Waals surface area contributed by atoms with Gasteiger partial charge in [0.2, 0.25) is 0 Å². The van der Waals surface area contributed by atoms with Gasteiger partial charge in [0, 0.05) is 10.2 Å². The van der Waals surface area contributed by atoms with Gasteiger partial charge in [-0.25, -0.2) is 0 Å². The number of hydrogen-bond acceptors (Lipinski definition) is 1. The molecule has 0 aliphatic rings. The molecule has 0 fully saturated rings. The predicted molar refractivity (Wildman–Crippen MR) is 71.4 cm³/mol. The molecule has 0 aromatic heterocycles. The van der Waals surface area contributed by atoms with E-state index < -0.39 is 0 Å². The molecule has 1 nitrogen and oxygen atoms in total. The van der Waals surface area contributed by atoms with Crippen molar-refractivity contribution < 1.29 is 0 Å². The van der Waals surface area contributed by atoms with Gasteiger partial charge in [-0.05, 0) is 17.6 Å². The van der Waals surface area contributed by atoms with E-state index in [0.717, 1.165) is 10.2 Å². The van der Waals surface area contributed by atoms with Crippen LogP contribution >= 0.6 is 0 Å². The van der Waals surface area contributed by atoms with Gasteiger partial charge in [-0.3, -0.25) is 0 Å². The molecule has 0 saturated carbocycles. The minimum absolute atomic E-state index is 0.111. The van der Waals surface area contributed by atoms with E-state index in [2.05, 4.69) is 50.0 Å². The monoisotopic (exact) mass is 219 g/mol. The second-order valence-electron chi connectivity index (χ2n) is 4.88. The Morgan fingerprint density at radius 3 is 2.13 bits per heavy atom. The van der Waals surface area contributed by atoms with Crippen molar-refractivity contribution in [3.05, 3.63) is 48.6 Å². The third-order valence-corrected chi connectivity index (χ3v) is 3.90. The first kappa shape index (κ1) is 12.2. The molecule has 2 heteroatoms. The van der Waals surface area contributed by atoms with Crippen LogP contribution in [0.3, 0.4) is 0 Å². The van der Waals surface area contributed by atoms with Crippen molar-refractivity contribution in [2.45, 2.75) is 24.4 Å². The lowest BCUT2D eigenvalue weighted by Crippen LogP contribution is -2.46. The maximum atomic E-state index is 4.01. The number of likely N-dealkylation sites (N-methyl/N-ethyl adjacent to an activating group) is 1. The van der Waals surface area contributed by atoms with E-state index in [1.807, 2.05) is 19.2 Å². The molecule has 82 valence electrons. The van der Waals surface area contributed by atoms with Gasteiger partial charge in [0.15, 0.2) is 0 Å². The van der Waals surface area contributed by atoms with E-state index in [-0.39, 0.29) is 10.6 Å². The minimum atomic E-state index is -0.111. The molecule has 1 N–H and O–H groups in total. The maximum absolute atomic E-state index is 4.01. The zero-order valence-corrected chi connectivity index (χ0v) is 12.2. The Kier molecular flexibility index (Phi) is 3.53. The molecule has 15 heavy (non-hydrogen) atoms. The van der Waals surface area contributed by atoms with Gasteiger partial charge in [0.1, 0.15) is 0 Å². The van der Waals surface area contributed by atoms with Crippen LogP contribution in [0.15, 0.2) is 43.0 Å². The Morgan fingerprint density at radius 1 is 1.27 bits per heavy atom. The number of rotatable bonds is 4. The van der Waals surface area contributed by atoms with Crippen molar-refractivity contribution in [3.8, 4) is 0 Å². The number of benzene rings is 1. The van der Waals surface area contributed by atoms with Gasteiger partial charge >= 0.3 is 0 Å². The molecule has 0 saturated heterocycles. The molecule has 1 atom stereocenters. The zero-order chi connectivity index (χ0) is 11.5. The summed E-state index contributed by atoms with van der Waals surface area (Å²) in [4.78, 5) is 0. The third-order valence-electron chi connectivity index (χ3n) is 3.11. The van der Waals surface area contributed by atoms with Crippen molar-refractivity contribution in [3.63, 3.8) is 0 Å². The summed E-state index contributed by atoms with van der Waals surface area (Å²) in [6.45, 7) is 8.57. The van der Waals surface area contributed by atoms with E-state index >= 15 is 0 Å². The highest BCUT2D eigenvalue weighted by molar-refractivity contribution is 6.16. The minimum Gasteiger partial charge on any atom is -0.307 e. The third kappa shape index (κ3) is 2.06. The molecular weight excluding hydrogens is 198 g/mol.